The van der Waals surface area contributed by atoms with E-state index >= 15 is 0 Å². The highest BCUT2D eigenvalue weighted by atomic mass is 32.2. The Morgan fingerprint density at radius 2 is 2.06 bits per heavy atom. The average Bonchev–Trinajstić information content (AvgIpc) is 2.65. The number of primary sulfonamides is 1. The van der Waals surface area contributed by atoms with E-state index in [-0.39, 0.29) is 0 Å². The molecule has 0 fully saturated rings. The Hall–Kier alpha value is -2.06. The zero-order valence-electron chi connectivity index (χ0n) is 8.88. The van der Waals surface area contributed by atoms with E-state index in [4.69, 9.17) is 5.14 Å². The van der Waals surface area contributed by atoms with Gasteiger partial charge in [0.15, 0.2) is 0 Å². The van der Waals surface area contributed by atoms with Crippen molar-refractivity contribution in [1.29, 1.82) is 0 Å². The monoisotopic (exact) mass is 266 g/mol. The van der Waals surface area contributed by atoms with Crippen LogP contribution in [0.2, 0.25) is 0 Å². The number of hydrogen-bond acceptors (Lipinski definition) is 4. The Kier molecular flexibility index (Phi) is 2.13. The minimum atomic E-state index is -4.09. The summed E-state index contributed by atoms with van der Waals surface area (Å²) in [5, 5.41) is 6.06. The largest absolute Gasteiger partial charge is 0.339 e. The van der Waals surface area contributed by atoms with Gasteiger partial charge in [0.2, 0.25) is 10.0 Å². The number of halogens is 1. The molecule has 0 radical (unpaired) electrons. The number of nitrogens with two attached hydrogens (primary N) is 1. The summed E-state index contributed by atoms with van der Waals surface area (Å²) < 4.78 is 36.1. The summed E-state index contributed by atoms with van der Waals surface area (Å²) in [7, 11) is -4.09. The number of fused-ring (bicyclic) bond motifs is 3. The van der Waals surface area contributed by atoms with E-state index in [0.29, 0.717) is 21.9 Å². The van der Waals surface area contributed by atoms with Gasteiger partial charge in [-0.15, -0.1) is 0 Å². The van der Waals surface area contributed by atoms with Crippen LogP contribution in [0.25, 0.3) is 21.9 Å². The molecule has 0 saturated carbocycles. The third-order valence-corrected chi connectivity index (χ3v) is 3.56. The van der Waals surface area contributed by atoms with Gasteiger partial charge >= 0.3 is 0 Å². The van der Waals surface area contributed by atoms with Crippen LogP contribution in [0.3, 0.4) is 0 Å². The van der Waals surface area contributed by atoms with Gasteiger partial charge < -0.3 is 4.98 Å². The molecule has 3 rings (SSSR count). The minimum absolute atomic E-state index is 0.441. The second-order valence-electron chi connectivity index (χ2n) is 3.78. The topological polar surface area (TPSA) is 102 Å². The number of aromatic amines is 1. The minimum Gasteiger partial charge on any atom is -0.339 e. The van der Waals surface area contributed by atoms with Crippen molar-refractivity contribution in [3.8, 4) is 0 Å². The summed E-state index contributed by atoms with van der Waals surface area (Å²) in [4.78, 5) is 10.1. The van der Waals surface area contributed by atoms with Crippen molar-refractivity contribution in [2.24, 2.45) is 5.14 Å². The summed E-state index contributed by atoms with van der Waals surface area (Å²) in [5.41, 5.74) is 0.946. The predicted molar refractivity (Wildman–Crippen MR) is 62.7 cm³/mol. The average molecular weight is 266 g/mol. The smallest absolute Gasteiger partial charge is 0.241 e. The van der Waals surface area contributed by atoms with E-state index in [0.717, 1.165) is 12.1 Å². The summed E-state index contributed by atoms with van der Waals surface area (Å²) in [6, 6.07) is 2.26. The SMILES string of the molecule is NS(=O)(=O)c1cc2[nH]c3ncncc3c2cc1F. The third-order valence-electron chi connectivity index (χ3n) is 2.63. The van der Waals surface area contributed by atoms with Gasteiger partial charge in [-0.2, -0.15) is 0 Å². The van der Waals surface area contributed by atoms with Crippen LogP contribution in [0.15, 0.2) is 29.6 Å². The Labute approximate surface area is 101 Å². The quantitative estimate of drug-likeness (QED) is 0.683. The molecule has 8 heteroatoms. The molecule has 0 saturated heterocycles. The molecule has 2 aromatic heterocycles. The van der Waals surface area contributed by atoms with Crippen LogP contribution in [0.5, 0.6) is 0 Å². The molecule has 0 aliphatic rings. The van der Waals surface area contributed by atoms with Crippen molar-refractivity contribution in [3.05, 3.63) is 30.5 Å². The van der Waals surface area contributed by atoms with Gasteiger partial charge in [-0.1, -0.05) is 0 Å². The van der Waals surface area contributed by atoms with Crippen LogP contribution >= 0.6 is 0 Å². The molecule has 1 aromatic carbocycles. The van der Waals surface area contributed by atoms with Crippen LogP contribution in [0.1, 0.15) is 0 Å². The molecule has 0 atom stereocenters. The standard InChI is InChI=1S/C10H7FN4O2S/c11-7-1-5-6-3-13-4-14-10(6)15-8(5)2-9(7)18(12,16)17/h1-4H,(H2,12,16,17)(H,13,14,15). The highest BCUT2D eigenvalue weighted by Crippen LogP contribution is 2.27. The van der Waals surface area contributed by atoms with Crippen LogP contribution in [-0.2, 0) is 10.0 Å². The zero-order chi connectivity index (χ0) is 12.9. The molecule has 0 spiro atoms. The Bertz CT molecular complexity index is 872. The summed E-state index contributed by atoms with van der Waals surface area (Å²) >= 11 is 0. The van der Waals surface area contributed by atoms with Crippen LogP contribution in [0.4, 0.5) is 4.39 Å². The predicted octanol–water partition coefficient (Wildman–Crippen LogP) is 0.898. The van der Waals surface area contributed by atoms with Crippen molar-refractivity contribution >= 4 is 32.0 Å². The highest BCUT2D eigenvalue weighted by Gasteiger charge is 2.17. The van der Waals surface area contributed by atoms with Gasteiger partial charge in [0.1, 0.15) is 22.7 Å². The summed E-state index contributed by atoms with van der Waals surface area (Å²) in [6.07, 6.45) is 2.87. The number of hydrogen-bond donors (Lipinski definition) is 2. The van der Waals surface area contributed by atoms with Crippen LogP contribution in [-0.4, -0.2) is 23.4 Å². The fraction of sp³-hybridized carbons (Fsp3) is 0. The van der Waals surface area contributed by atoms with E-state index in [1.807, 2.05) is 0 Å². The van der Waals surface area contributed by atoms with E-state index in [1.165, 1.54) is 12.5 Å². The van der Waals surface area contributed by atoms with Crippen molar-refractivity contribution in [1.82, 2.24) is 15.0 Å². The Morgan fingerprint density at radius 3 is 2.78 bits per heavy atom. The van der Waals surface area contributed by atoms with Gasteiger partial charge in [0, 0.05) is 22.5 Å². The maximum Gasteiger partial charge on any atom is 0.241 e. The Morgan fingerprint density at radius 1 is 1.28 bits per heavy atom. The molecule has 0 amide bonds. The first-order valence-electron chi connectivity index (χ1n) is 4.90. The number of sulfonamides is 1. The highest BCUT2D eigenvalue weighted by molar-refractivity contribution is 7.89. The number of H-pyrrole nitrogens is 1. The van der Waals surface area contributed by atoms with Gasteiger partial charge in [0.05, 0.1) is 0 Å². The van der Waals surface area contributed by atoms with Gasteiger partial charge in [-0.3, -0.25) is 0 Å². The van der Waals surface area contributed by atoms with E-state index in [2.05, 4.69) is 15.0 Å². The summed E-state index contributed by atoms with van der Waals surface area (Å²) in [5.74, 6) is -0.894. The molecule has 0 aliphatic heterocycles. The van der Waals surface area contributed by atoms with E-state index in [1.54, 1.807) is 0 Å². The molecule has 92 valence electrons. The van der Waals surface area contributed by atoms with Crippen molar-refractivity contribution in [2.45, 2.75) is 4.90 Å². The van der Waals surface area contributed by atoms with Crippen LogP contribution < -0.4 is 5.14 Å². The third kappa shape index (κ3) is 1.54. The fourth-order valence-corrected chi connectivity index (χ4v) is 2.46. The van der Waals surface area contributed by atoms with Gasteiger partial charge in [0.25, 0.3) is 0 Å². The fourth-order valence-electron chi connectivity index (χ4n) is 1.85. The normalized spacial score (nSPS) is 12.3. The first kappa shape index (κ1) is 11.1. The lowest BCUT2D eigenvalue weighted by Gasteiger charge is -2.00. The number of benzene rings is 1. The van der Waals surface area contributed by atoms with Crippen molar-refractivity contribution < 1.29 is 12.8 Å². The number of nitrogens with one attached hydrogen (secondary N) is 1. The van der Waals surface area contributed by atoms with Crippen LogP contribution in [0, 0.1) is 5.82 Å². The molecule has 3 aromatic rings. The maximum absolute atomic E-state index is 13.7. The molecule has 0 aliphatic carbocycles. The van der Waals surface area contributed by atoms with E-state index in [9.17, 15) is 12.8 Å². The molecule has 2 heterocycles. The first-order valence-corrected chi connectivity index (χ1v) is 6.45. The number of rotatable bonds is 1. The molecule has 6 nitrogen and oxygen atoms in total. The second-order valence-corrected chi connectivity index (χ2v) is 5.31. The molecule has 3 N–H and O–H groups in total. The van der Waals surface area contributed by atoms with E-state index < -0.39 is 20.7 Å². The molecule has 0 bridgehead atoms. The summed E-state index contributed by atoms with van der Waals surface area (Å²) in [6.45, 7) is 0. The van der Waals surface area contributed by atoms with Crippen molar-refractivity contribution in [3.63, 3.8) is 0 Å². The zero-order valence-corrected chi connectivity index (χ0v) is 9.70. The van der Waals surface area contributed by atoms with Gasteiger partial charge in [-0.25, -0.2) is 27.9 Å². The number of aromatic nitrogens is 3. The number of nitrogens with zero attached hydrogens (tertiary/aromatic N) is 2. The molecule has 18 heavy (non-hydrogen) atoms. The Balaban J connectivity index is 2.48. The lowest BCUT2D eigenvalue weighted by atomic mass is 10.2. The molecular weight excluding hydrogens is 259 g/mol. The van der Waals surface area contributed by atoms with Gasteiger partial charge in [-0.05, 0) is 12.1 Å². The lowest BCUT2D eigenvalue weighted by molar-refractivity contribution is 0.569. The van der Waals surface area contributed by atoms with Crippen molar-refractivity contribution in [2.75, 3.05) is 0 Å². The lowest BCUT2D eigenvalue weighted by Crippen LogP contribution is -2.13. The second kappa shape index (κ2) is 3.47. The molecule has 0 unspecified atom stereocenters. The molecular formula is C10H7FN4O2S. The first-order chi connectivity index (χ1) is 8.47. The maximum atomic E-state index is 13.7.